The smallest absolute Gasteiger partial charge is 0.191 e. The van der Waals surface area contributed by atoms with Gasteiger partial charge in [-0.05, 0) is 55.2 Å². The maximum absolute atomic E-state index is 13.3. The van der Waals surface area contributed by atoms with E-state index in [4.69, 9.17) is 4.74 Å². The van der Waals surface area contributed by atoms with Crippen LogP contribution >= 0.6 is 24.0 Å². The molecule has 8 heteroatoms. The third-order valence-corrected chi connectivity index (χ3v) is 4.71. The van der Waals surface area contributed by atoms with Gasteiger partial charge < -0.3 is 25.5 Å². The van der Waals surface area contributed by atoms with Gasteiger partial charge in [0, 0.05) is 36.7 Å². The number of phenolic OH excluding ortho intramolecular Hbond substituents is 1. The molecule has 0 amide bonds. The summed E-state index contributed by atoms with van der Waals surface area (Å²) in [6, 6.07) is 10.2. The number of fused-ring (bicyclic) bond motifs is 1. The molecule has 1 aromatic heterocycles. The molecular formula is C22H28FIN4O2. The number of halogens is 2. The lowest BCUT2D eigenvalue weighted by Crippen LogP contribution is -2.38. The van der Waals surface area contributed by atoms with Crippen molar-refractivity contribution < 1.29 is 14.2 Å². The van der Waals surface area contributed by atoms with Crippen molar-refractivity contribution in [3.63, 3.8) is 0 Å². The Balaban J connectivity index is 0.00000320. The second-order valence-electron chi connectivity index (χ2n) is 6.66. The summed E-state index contributed by atoms with van der Waals surface area (Å²) in [6.45, 7) is 3.99. The number of aromatic amines is 1. The summed E-state index contributed by atoms with van der Waals surface area (Å²) in [7, 11) is 1.54. The van der Waals surface area contributed by atoms with Gasteiger partial charge in [0.2, 0.25) is 0 Å². The van der Waals surface area contributed by atoms with Gasteiger partial charge in [-0.3, -0.25) is 4.99 Å². The molecule has 2 aromatic carbocycles. The minimum Gasteiger partial charge on any atom is -0.504 e. The van der Waals surface area contributed by atoms with Crippen molar-refractivity contribution in [3.05, 3.63) is 59.5 Å². The molecule has 0 spiro atoms. The van der Waals surface area contributed by atoms with Gasteiger partial charge in [0.15, 0.2) is 17.5 Å². The van der Waals surface area contributed by atoms with Crippen molar-refractivity contribution in [2.75, 3.05) is 26.7 Å². The summed E-state index contributed by atoms with van der Waals surface area (Å²) >= 11 is 0. The second kappa shape index (κ2) is 11.6. The summed E-state index contributed by atoms with van der Waals surface area (Å²) in [5.74, 6) is 1.11. The van der Waals surface area contributed by atoms with E-state index in [9.17, 15) is 9.50 Å². The first-order valence-electron chi connectivity index (χ1n) is 9.75. The van der Waals surface area contributed by atoms with Gasteiger partial charge in [-0.25, -0.2) is 4.39 Å². The van der Waals surface area contributed by atoms with Crippen LogP contribution in [0.1, 0.15) is 18.1 Å². The Bertz CT molecular complexity index is 990. The number of para-hydroxylation sites is 1. The predicted molar refractivity (Wildman–Crippen MR) is 130 cm³/mol. The van der Waals surface area contributed by atoms with Crippen LogP contribution in [0.25, 0.3) is 10.9 Å². The fourth-order valence-electron chi connectivity index (χ4n) is 3.25. The molecule has 0 aliphatic rings. The van der Waals surface area contributed by atoms with Crippen LogP contribution in [0.2, 0.25) is 0 Å². The first-order chi connectivity index (χ1) is 14.1. The number of guanidine groups is 1. The number of aliphatic imine (C=N–C) groups is 1. The van der Waals surface area contributed by atoms with Gasteiger partial charge in [-0.2, -0.15) is 0 Å². The summed E-state index contributed by atoms with van der Waals surface area (Å²) in [4.78, 5) is 7.70. The Morgan fingerprint density at radius 2 is 2.00 bits per heavy atom. The summed E-state index contributed by atoms with van der Waals surface area (Å²) in [5, 5.41) is 17.8. The van der Waals surface area contributed by atoms with E-state index in [2.05, 4.69) is 20.6 Å². The Hall–Kier alpha value is -2.49. The van der Waals surface area contributed by atoms with E-state index >= 15 is 0 Å². The van der Waals surface area contributed by atoms with Gasteiger partial charge in [0.1, 0.15) is 5.82 Å². The monoisotopic (exact) mass is 526 g/mol. The highest BCUT2D eigenvalue weighted by Gasteiger charge is 2.08. The lowest BCUT2D eigenvalue weighted by Gasteiger charge is -2.12. The van der Waals surface area contributed by atoms with E-state index in [0.29, 0.717) is 25.3 Å². The Kier molecular flexibility index (Phi) is 9.22. The Morgan fingerprint density at radius 1 is 1.17 bits per heavy atom. The number of rotatable bonds is 8. The van der Waals surface area contributed by atoms with Crippen LogP contribution in [0, 0.1) is 5.82 Å². The molecule has 0 radical (unpaired) electrons. The van der Waals surface area contributed by atoms with Crippen molar-refractivity contribution in [1.29, 1.82) is 0 Å². The standard InChI is InChI=1S/C22H27FN4O2.HI/c1-3-24-22(25-11-9-15-5-4-6-20(29-2)21(15)28)26-12-10-16-14-27-19-13-17(23)7-8-18(16)19;/h4-8,13-14,27-28H,3,9-12H2,1-2H3,(H2,24,25,26);1H. The minimum atomic E-state index is -0.243. The molecule has 0 fully saturated rings. The molecule has 0 atom stereocenters. The van der Waals surface area contributed by atoms with Crippen LogP contribution in [0.5, 0.6) is 11.5 Å². The third-order valence-electron chi connectivity index (χ3n) is 4.71. The van der Waals surface area contributed by atoms with Crippen LogP contribution in [-0.2, 0) is 12.8 Å². The van der Waals surface area contributed by atoms with Crippen molar-refractivity contribution in [2.24, 2.45) is 4.99 Å². The molecule has 6 nitrogen and oxygen atoms in total. The largest absolute Gasteiger partial charge is 0.504 e. The van der Waals surface area contributed by atoms with Crippen molar-refractivity contribution >= 4 is 40.8 Å². The highest BCUT2D eigenvalue weighted by atomic mass is 127. The number of nitrogens with zero attached hydrogens (tertiary/aromatic N) is 1. The molecule has 0 saturated heterocycles. The number of aromatic nitrogens is 1. The molecule has 3 aromatic rings. The van der Waals surface area contributed by atoms with E-state index in [1.165, 1.54) is 19.2 Å². The van der Waals surface area contributed by atoms with Crippen molar-refractivity contribution in [2.45, 2.75) is 19.8 Å². The van der Waals surface area contributed by atoms with Crippen molar-refractivity contribution in [3.8, 4) is 11.5 Å². The molecule has 162 valence electrons. The lowest BCUT2D eigenvalue weighted by atomic mass is 10.1. The van der Waals surface area contributed by atoms with E-state index in [1.54, 1.807) is 12.1 Å². The van der Waals surface area contributed by atoms with Gasteiger partial charge in [0.05, 0.1) is 7.11 Å². The quantitative estimate of drug-likeness (QED) is 0.204. The molecule has 0 bridgehead atoms. The molecule has 0 aliphatic heterocycles. The fraction of sp³-hybridized carbons (Fsp3) is 0.318. The van der Waals surface area contributed by atoms with Crippen LogP contribution in [-0.4, -0.2) is 42.8 Å². The number of H-pyrrole nitrogens is 1. The minimum absolute atomic E-state index is 0. The molecule has 4 N–H and O–H groups in total. The molecule has 1 heterocycles. The van der Waals surface area contributed by atoms with Gasteiger partial charge in [0.25, 0.3) is 0 Å². The maximum Gasteiger partial charge on any atom is 0.191 e. The number of phenols is 1. The predicted octanol–water partition coefficient (Wildman–Crippen LogP) is 3.98. The van der Waals surface area contributed by atoms with E-state index in [-0.39, 0.29) is 35.5 Å². The zero-order valence-electron chi connectivity index (χ0n) is 17.2. The first-order valence-corrected chi connectivity index (χ1v) is 9.75. The SMILES string of the molecule is CCNC(=NCCc1cccc(OC)c1O)NCCc1c[nH]c2cc(F)ccc12.I. The summed E-state index contributed by atoms with van der Waals surface area (Å²) in [6.07, 6.45) is 3.31. The first kappa shape index (κ1) is 23.8. The highest BCUT2D eigenvalue weighted by molar-refractivity contribution is 14.0. The maximum atomic E-state index is 13.3. The topological polar surface area (TPSA) is 81.7 Å². The molecule has 0 saturated carbocycles. The number of nitrogens with one attached hydrogen (secondary N) is 3. The van der Waals surface area contributed by atoms with E-state index in [0.717, 1.165) is 41.0 Å². The lowest BCUT2D eigenvalue weighted by molar-refractivity contribution is 0.370. The summed E-state index contributed by atoms with van der Waals surface area (Å²) < 4.78 is 18.5. The number of benzene rings is 2. The van der Waals surface area contributed by atoms with Crippen LogP contribution < -0.4 is 15.4 Å². The second-order valence-corrected chi connectivity index (χ2v) is 6.66. The third kappa shape index (κ3) is 6.01. The van der Waals surface area contributed by atoms with Gasteiger partial charge in [-0.1, -0.05) is 12.1 Å². The zero-order valence-corrected chi connectivity index (χ0v) is 19.5. The molecule has 0 aliphatic carbocycles. The molecular weight excluding hydrogens is 498 g/mol. The van der Waals surface area contributed by atoms with Gasteiger partial charge in [-0.15, -0.1) is 24.0 Å². The Morgan fingerprint density at radius 3 is 2.77 bits per heavy atom. The molecule has 30 heavy (non-hydrogen) atoms. The fourth-order valence-corrected chi connectivity index (χ4v) is 3.25. The number of hydrogen-bond acceptors (Lipinski definition) is 3. The normalized spacial score (nSPS) is 11.2. The van der Waals surface area contributed by atoms with Crippen molar-refractivity contribution in [1.82, 2.24) is 15.6 Å². The van der Waals surface area contributed by atoms with E-state index < -0.39 is 0 Å². The number of aromatic hydroxyl groups is 1. The number of methoxy groups -OCH3 is 1. The van der Waals surface area contributed by atoms with Gasteiger partial charge >= 0.3 is 0 Å². The molecule has 3 rings (SSSR count). The Labute approximate surface area is 193 Å². The number of hydrogen-bond donors (Lipinski definition) is 4. The van der Waals surface area contributed by atoms with E-state index in [1.807, 2.05) is 25.3 Å². The zero-order chi connectivity index (χ0) is 20.6. The molecule has 0 unspecified atom stereocenters. The van der Waals surface area contributed by atoms with Crippen LogP contribution in [0.4, 0.5) is 4.39 Å². The average molecular weight is 526 g/mol. The highest BCUT2D eigenvalue weighted by Crippen LogP contribution is 2.29. The number of ether oxygens (including phenoxy) is 1. The van der Waals surface area contributed by atoms with Crippen LogP contribution in [0.3, 0.4) is 0 Å². The summed E-state index contributed by atoms with van der Waals surface area (Å²) in [5.41, 5.74) is 2.73. The van der Waals surface area contributed by atoms with Crippen LogP contribution in [0.15, 0.2) is 47.6 Å². The average Bonchev–Trinajstić information content (AvgIpc) is 3.11.